The summed E-state index contributed by atoms with van der Waals surface area (Å²) in [6, 6.07) is 1.93. The van der Waals surface area contributed by atoms with Crippen LogP contribution in [0.4, 0.5) is 5.82 Å². The van der Waals surface area contributed by atoms with Gasteiger partial charge in [0, 0.05) is 31.4 Å². The summed E-state index contributed by atoms with van der Waals surface area (Å²) in [6.07, 6.45) is 5.39. The summed E-state index contributed by atoms with van der Waals surface area (Å²) in [5.74, 6) is 2.20. The molecule has 1 atom stereocenters. The van der Waals surface area contributed by atoms with Crippen molar-refractivity contribution < 1.29 is 4.79 Å². The number of piperidine rings is 1. The lowest BCUT2D eigenvalue weighted by atomic mass is 9.97. The van der Waals surface area contributed by atoms with Crippen molar-refractivity contribution in [3.8, 4) is 0 Å². The molecule has 1 aliphatic heterocycles. The highest BCUT2D eigenvalue weighted by atomic mass is 16.1. The van der Waals surface area contributed by atoms with Crippen molar-refractivity contribution >= 4 is 11.7 Å². The zero-order valence-electron chi connectivity index (χ0n) is 13.4. The lowest BCUT2D eigenvalue weighted by Gasteiger charge is -2.33. The van der Waals surface area contributed by atoms with E-state index in [1.165, 1.54) is 6.20 Å². The number of anilines is 1. The molecule has 7 heteroatoms. The van der Waals surface area contributed by atoms with Crippen LogP contribution in [-0.2, 0) is 0 Å². The number of rotatable bonds is 3. The van der Waals surface area contributed by atoms with Crippen molar-refractivity contribution in [1.29, 1.82) is 0 Å². The van der Waals surface area contributed by atoms with Crippen LogP contribution in [-0.4, -0.2) is 38.9 Å². The molecular weight excluding hydrogens is 292 g/mol. The first-order valence-corrected chi connectivity index (χ1v) is 7.72. The summed E-state index contributed by atoms with van der Waals surface area (Å²) in [6.45, 7) is 5.46. The number of aryl methyl sites for hydroxylation is 2. The van der Waals surface area contributed by atoms with Crippen LogP contribution in [0.15, 0.2) is 18.5 Å². The van der Waals surface area contributed by atoms with E-state index < -0.39 is 5.91 Å². The first-order valence-electron chi connectivity index (χ1n) is 7.72. The maximum Gasteiger partial charge on any atom is 0.252 e. The minimum atomic E-state index is -0.490. The predicted octanol–water partition coefficient (Wildman–Crippen LogP) is 1.37. The van der Waals surface area contributed by atoms with E-state index in [0.29, 0.717) is 11.3 Å². The van der Waals surface area contributed by atoms with E-state index in [9.17, 15) is 4.79 Å². The van der Waals surface area contributed by atoms with Gasteiger partial charge in [0.1, 0.15) is 17.5 Å². The number of nitrogens with zero attached hydrogens (tertiary/aromatic N) is 5. The minimum absolute atomic E-state index is 0.222. The van der Waals surface area contributed by atoms with Gasteiger partial charge in [-0.15, -0.1) is 0 Å². The molecule has 1 saturated heterocycles. The maximum absolute atomic E-state index is 11.3. The summed E-state index contributed by atoms with van der Waals surface area (Å²) in [4.78, 5) is 31.0. The largest absolute Gasteiger partial charge is 0.365 e. The first-order chi connectivity index (χ1) is 11.0. The molecule has 2 N–H and O–H groups in total. The predicted molar refractivity (Wildman–Crippen MR) is 86.2 cm³/mol. The fourth-order valence-corrected chi connectivity index (χ4v) is 2.94. The van der Waals surface area contributed by atoms with Crippen molar-refractivity contribution in [1.82, 2.24) is 19.9 Å². The Morgan fingerprint density at radius 1 is 1.30 bits per heavy atom. The molecule has 7 nitrogen and oxygen atoms in total. The Bertz CT molecular complexity index is 732. The number of primary amides is 1. The highest BCUT2D eigenvalue weighted by Crippen LogP contribution is 2.27. The Hall–Kier alpha value is -2.57. The third kappa shape index (κ3) is 3.28. The van der Waals surface area contributed by atoms with Crippen LogP contribution in [0.2, 0.25) is 0 Å². The lowest BCUT2D eigenvalue weighted by molar-refractivity contribution is 0.0999. The Balaban J connectivity index is 1.81. The van der Waals surface area contributed by atoms with Gasteiger partial charge in [-0.05, 0) is 32.8 Å². The number of nitrogens with two attached hydrogens (primary N) is 1. The van der Waals surface area contributed by atoms with Crippen molar-refractivity contribution in [2.45, 2.75) is 32.6 Å². The van der Waals surface area contributed by atoms with Crippen LogP contribution >= 0.6 is 0 Å². The first kappa shape index (κ1) is 15.3. The molecular formula is C16H20N6O. The fraction of sp³-hybridized carbons (Fsp3) is 0.438. The zero-order chi connectivity index (χ0) is 16.4. The highest BCUT2D eigenvalue weighted by Gasteiger charge is 2.25. The minimum Gasteiger partial charge on any atom is -0.365 e. The zero-order valence-corrected chi connectivity index (χ0v) is 13.4. The molecule has 2 aromatic heterocycles. The van der Waals surface area contributed by atoms with Crippen molar-refractivity contribution in [3.63, 3.8) is 0 Å². The summed E-state index contributed by atoms with van der Waals surface area (Å²) < 4.78 is 0. The number of hydrogen-bond donors (Lipinski definition) is 1. The van der Waals surface area contributed by atoms with Gasteiger partial charge in [0.15, 0.2) is 0 Å². The van der Waals surface area contributed by atoms with Crippen molar-refractivity contribution in [2.24, 2.45) is 5.73 Å². The van der Waals surface area contributed by atoms with E-state index in [2.05, 4.69) is 24.8 Å². The van der Waals surface area contributed by atoms with Crippen molar-refractivity contribution in [3.05, 3.63) is 41.4 Å². The standard InChI is InChI=1S/C16H20N6O/c1-10-13(15(17)23)8-19-16(20-10)12-4-3-7-22(9-12)14-5-6-18-11(2)21-14/h5-6,8,12H,3-4,7,9H2,1-2H3,(H2,17,23)/t12-/m0/s1. The SMILES string of the molecule is Cc1nccc(N2CCC[C@H](c3ncc(C(N)=O)c(C)n3)C2)n1. The van der Waals surface area contributed by atoms with Gasteiger partial charge in [-0.2, -0.15) is 0 Å². The van der Waals surface area contributed by atoms with E-state index in [4.69, 9.17) is 5.73 Å². The summed E-state index contributed by atoms with van der Waals surface area (Å²) in [5, 5.41) is 0. The van der Waals surface area contributed by atoms with E-state index in [1.807, 2.05) is 13.0 Å². The number of hydrogen-bond acceptors (Lipinski definition) is 6. The van der Waals surface area contributed by atoms with Gasteiger partial charge in [0.25, 0.3) is 5.91 Å². The third-order valence-electron chi connectivity index (χ3n) is 4.14. The van der Waals surface area contributed by atoms with Crippen LogP contribution in [0.3, 0.4) is 0 Å². The van der Waals surface area contributed by atoms with Gasteiger partial charge in [-0.25, -0.2) is 19.9 Å². The van der Waals surface area contributed by atoms with E-state index in [1.54, 1.807) is 13.1 Å². The number of amides is 1. The van der Waals surface area contributed by atoms with Gasteiger partial charge < -0.3 is 10.6 Å². The molecule has 3 rings (SSSR count). The number of carbonyl (C=O) groups excluding carboxylic acids is 1. The van der Waals surface area contributed by atoms with Gasteiger partial charge >= 0.3 is 0 Å². The molecule has 0 unspecified atom stereocenters. The van der Waals surface area contributed by atoms with Gasteiger partial charge in [-0.3, -0.25) is 4.79 Å². The molecule has 0 saturated carbocycles. The Morgan fingerprint density at radius 3 is 2.83 bits per heavy atom. The molecule has 0 radical (unpaired) electrons. The van der Waals surface area contributed by atoms with Crippen LogP contribution < -0.4 is 10.6 Å². The highest BCUT2D eigenvalue weighted by molar-refractivity contribution is 5.93. The quantitative estimate of drug-likeness (QED) is 0.919. The third-order valence-corrected chi connectivity index (χ3v) is 4.14. The second-order valence-corrected chi connectivity index (χ2v) is 5.84. The topological polar surface area (TPSA) is 97.9 Å². The summed E-state index contributed by atoms with van der Waals surface area (Å²) in [5.41, 5.74) is 6.33. The average Bonchev–Trinajstić information content (AvgIpc) is 2.54. The molecule has 3 heterocycles. The van der Waals surface area contributed by atoms with Crippen LogP contribution in [0.25, 0.3) is 0 Å². The van der Waals surface area contributed by atoms with Gasteiger partial charge in [0.05, 0.1) is 11.3 Å². The molecule has 0 spiro atoms. The van der Waals surface area contributed by atoms with Gasteiger partial charge in [-0.1, -0.05) is 0 Å². The van der Waals surface area contributed by atoms with E-state index in [0.717, 1.165) is 43.4 Å². The number of aromatic nitrogens is 4. The second-order valence-electron chi connectivity index (χ2n) is 5.84. The second kappa shape index (κ2) is 6.28. The average molecular weight is 312 g/mol. The molecule has 0 aliphatic carbocycles. The molecule has 0 aromatic carbocycles. The van der Waals surface area contributed by atoms with Crippen LogP contribution in [0, 0.1) is 13.8 Å². The lowest BCUT2D eigenvalue weighted by Crippen LogP contribution is -2.35. The molecule has 120 valence electrons. The number of carbonyl (C=O) groups is 1. The maximum atomic E-state index is 11.3. The monoisotopic (exact) mass is 312 g/mol. The summed E-state index contributed by atoms with van der Waals surface area (Å²) >= 11 is 0. The summed E-state index contributed by atoms with van der Waals surface area (Å²) in [7, 11) is 0. The van der Waals surface area contributed by atoms with E-state index in [-0.39, 0.29) is 5.92 Å². The van der Waals surface area contributed by atoms with Crippen LogP contribution in [0.1, 0.15) is 46.5 Å². The fourth-order valence-electron chi connectivity index (χ4n) is 2.94. The Kier molecular flexibility index (Phi) is 4.18. The molecule has 1 aliphatic rings. The normalized spacial score (nSPS) is 18.0. The smallest absolute Gasteiger partial charge is 0.252 e. The molecule has 1 amide bonds. The molecule has 0 bridgehead atoms. The molecule has 2 aromatic rings. The van der Waals surface area contributed by atoms with E-state index >= 15 is 0 Å². The molecule has 1 fully saturated rings. The van der Waals surface area contributed by atoms with Crippen molar-refractivity contribution in [2.75, 3.05) is 18.0 Å². The van der Waals surface area contributed by atoms with Gasteiger partial charge in [0.2, 0.25) is 0 Å². The van der Waals surface area contributed by atoms with Crippen LogP contribution in [0.5, 0.6) is 0 Å². The Morgan fingerprint density at radius 2 is 2.13 bits per heavy atom. The Labute approximate surface area is 135 Å². The molecule has 23 heavy (non-hydrogen) atoms.